The second-order valence-corrected chi connectivity index (χ2v) is 8.15. The quantitative estimate of drug-likeness (QED) is 0.779. The minimum Gasteiger partial charge on any atom is -0.350 e. The second-order valence-electron chi connectivity index (χ2n) is 5.41. The van der Waals surface area contributed by atoms with Crippen molar-refractivity contribution in [1.82, 2.24) is 15.5 Å². The van der Waals surface area contributed by atoms with Crippen LogP contribution in [0, 0.1) is 0 Å². The van der Waals surface area contributed by atoms with Crippen molar-refractivity contribution < 1.29 is 14.4 Å². The Balaban J connectivity index is 1.63. The smallest absolute Gasteiger partial charge is 0.325 e. The van der Waals surface area contributed by atoms with E-state index in [-0.39, 0.29) is 6.54 Å². The second kappa shape index (κ2) is 6.54. The molecule has 1 atom stereocenters. The normalized spacial score (nSPS) is 20.3. The van der Waals surface area contributed by atoms with Crippen molar-refractivity contribution in [2.75, 3.05) is 6.54 Å². The molecule has 1 fully saturated rings. The lowest BCUT2D eigenvalue weighted by molar-refractivity contribution is -0.134. The first-order valence-electron chi connectivity index (χ1n) is 7.09. The molecule has 6 nitrogen and oxygen atoms in total. The molecular weight excluding hydrogens is 370 g/mol. The third-order valence-electron chi connectivity index (χ3n) is 3.68. The predicted octanol–water partition coefficient (Wildman–Crippen LogP) is 2.55. The van der Waals surface area contributed by atoms with Crippen LogP contribution in [0.3, 0.4) is 0 Å². The summed E-state index contributed by atoms with van der Waals surface area (Å²) in [6, 6.07) is 6.59. The Kier molecular flexibility index (Phi) is 4.62. The third-order valence-corrected chi connectivity index (χ3v) is 6.00. The number of hydrogen-bond acceptors (Lipinski definition) is 5. The number of hydrogen-bond donors (Lipinski definition) is 2. The molecule has 1 saturated heterocycles. The zero-order valence-electron chi connectivity index (χ0n) is 12.7. The summed E-state index contributed by atoms with van der Waals surface area (Å²) in [5.41, 5.74) is -1.12. The van der Waals surface area contributed by atoms with Gasteiger partial charge in [0.2, 0.25) is 5.91 Å². The van der Waals surface area contributed by atoms with Gasteiger partial charge in [0, 0.05) is 9.75 Å². The van der Waals surface area contributed by atoms with Gasteiger partial charge in [-0.15, -0.1) is 22.7 Å². The van der Waals surface area contributed by atoms with E-state index >= 15 is 0 Å². The summed E-state index contributed by atoms with van der Waals surface area (Å²) >= 11 is 8.58. The van der Waals surface area contributed by atoms with E-state index in [1.54, 1.807) is 19.1 Å². The number of imide groups is 1. The van der Waals surface area contributed by atoms with E-state index in [4.69, 9.17) is 11.6 Å². The Morgan fingerprint density at radius 3 is 2.79 bits per heavy atom. The summed E-state index contributed by atoms with van der Waals surface area (Å²) < 4.78 is 0.639. The van der Waals surface area contributed by atoms with Gasteiger partial charge in [0.15, 0.2) is 5.54 Å². The standard InChI is InChI=1S/C15H14ClN3O3S2/c1-15(10-3-2-6-23-10)13(21)19(14(22)18-15)8-12(20)17-7-9-4-5-11(16)24-9/h2-6H,7-8H2,1H3,(H,17,20)(H,18,22). The summed E-state index contributed by atoms with van der Waals surface area (Å²) in [5.74, 6) is -0.831. The zero-order valence-corrected chi connectivity index (χ0v) is 15.1. The lowest BCUT2D eigenvalue weighted by Crippen LogP contribution is -2.42. The number of thiophene rings is 2. The molecule has 24 heavy (non-hydrogen) atoms. The van der Waals surface area contributed by atoms with Crippen LogP contribution in [0.5, 0.6) is 0 Å². The number of carbonyl (C=O) groups is 3. The van der Waals surface area contributed by atoms with Gasteiger partial charge < -0.3 is 10.6 Å². The molecule has 2 aromatic rings. The van der Waals surface area contributed by atoms with Gasteiger partial charge in [-0.1, -0.05) is 17.7 Å². The first-order chi connectivity index (χ1) is 11.4. The molecule has 1 aliphatic heterocycles. The van der Waals surface area contributed by atoms with Crippen LogP contribution in [-0.2, 0) is 21.7 Å². The van der Waals surface area contributed by atoms with Gasteiger partial charge in [0.1, 0.15) is 6.54 Å². The summed E-state index contributed by atoms with van der Waals surface area (Å²) in [4.78, 5) is 39.3. The fourth-order valence-corrected chi connectivity index (χ4v) is 4.26. The van der Waals surface area contributed by atoms with Crippen molar-refractivity contribution in [3.8, 4) is 0 Å². The molecule has 3 rings (SSSR count). The maximum absolute atomic E-state index is 12.6. The SMILES string of the molecule is CC1(c2cccs2)NC(=O)N(CC(=O)NCc2ccc(Cl)s2)C1=O. The minimum absolute atomic E-state index is 0.308. The van der Waals surface area contributed by atoms with Crippen LogP contribution in [0.4, 0.5) is 4.79 Å². The van der Waals surface area contributed by atoms with Gasteiger partial charge in [-0.05, 0) is 30.5 Å². The number of amides is 4. The largest absolute Gasteiger partial charge is 0.350 e. The average molecular weight is 384 g/mol. The Bertz CT molecular complexity index is 790. The van der Waals surface area contributed by atoms with Crippen molar-refractivity contribution in [1.29, 1.82) is 0 Å². The highest BCUT2D eigenvalue weighted by Crippen LogP contribution is 2.31. The van der Waals surface area contributed by atoms with Gasteiger partial charge in [-0.2, -0.15) is 0 Å². The molecule has 0 saturated carbocycles. The fraction of sp³-hybridized carbons (Fsp3) is 0.267. The Labute approximate surface area is 151 Å². The topological polar surface area (TPSA) is 78.5 Å². The number of nitrogens with zero attached hydrogens (tertiary/aromatic N) is 1. The first kappa shape index (κ1) is 16.9. The lowest BCUT2D eigenvalue weighted by Gasteiger charge is -2.19. The highest BCUT2D eigenvalue weighted by molar-refractivity contribution is 7.16. The molecule has 126 valence electrons. The van der Waals surface area contributed by atoms with Crippen LogP contribution in [0.25, 0.3) is 0 Å². The summed E-state index contributed by atoms with van der Waals surface area (Å²) in [5, 5.41) is 7.19. The number of urea groups is 1. The van der Waals surface area contributed by atoms with Crippen LogP contribution in [0.2, 0.25) is 4.34 Å². The van der Waals surface area contributed by atoms with Crippen molar-refractivity contribution in [2.24, 2.45) is 0 Å². The highest BCUT2D eigenvalue weighted by Gasteiger charge is 2.50. The van der Waals surface area contributed by atoms with Gasteiger partial charge in [-0.25, -0.2) is 4.79 Å². The summed E-state index contributed by atoms with van der Waals surface area (Å²) in [6.45, 7) is 1.64. The van der Waals surface area contributed by atoms with Crippen molar-refractivity contribution >= 4 is 52.1 Å². The van der Waals surface area contributed by atoms with Crippen LogP contribution in [0.1, 0.15) is 16.7 Å². The molecule has 1 aliphatic rings. The molecule has 0 bridgehead atoms. The van der Waals surface area contributed by atoms with E-state index in [2.05, 4.69) is 10.6 Å². The minimum atomic E-state index is -1.12. The molecule has 0 spiro atoms. The van der Waals surface area contributed by atoms with Gasteiger partial charge in [-0.3, -0.25) is 14.5 Å². The van der Waals surface area contributed by atoms with Crippen molar-refractivity contribution in [2.45, 2.75) is 19.0 Å². The predicted molar refractivity (Wildman–Crippen MR) is 93.1 cm³/mol. The van der Waals surface area contributed by atoms with E-state index in [1.807, 2.05) is 17.5 Å². The lowest BCUT2D eigenvalue weighted by atomic mass is 10.0. The molecule has 0 radical (unpaired) electrons. The van der Waals surface area contributed by atoms with Crippen molar-refractivity contribution in [3.05, 3.63) is 43.7 Å². The monoisotopic (exact) mass is 383 g/mol. The van der Waals surface area contributed by atoms with Crippen LogP contribution < -0.4 is 10.6 Å². The number of carbonyl (C=O) groups excluding carboxylic acids is 3. The fourth-order valence-electron chi connectivity index (χ4n) is 2.40. The van der Waals surface area contributed by atoms with Crippen molar-refractivity contribution in [3.63, 3.8) is 0 Å². The van der Waals surface area contributed by atoms with Crippen LogP contribution in [0.15, 0.2) is 29.6 Å². The molecule has 0 aromatic carbocycles. The Morgan fingerprint density at radius 1 is 1.38 bits per heavy atom. The number of rotatable bonds is 5. The van der Waals surface area contributed by atoms with E-state index in [0.29, 0.717) is 10.9 Å². The van der Waals surface area contributed by atoms with Gasteiger partial charge in [0.25, 0.3) is 5.91 Å². The van der Waals surface area contributed by atoms with Crippen LogP contribution >= 0.6 is 34.3 Å². The molecule has 2 aromatic heterocycles. The highest BCUT2D eigenvalue weighted by atomic mass is 35.5. The molecule has 2 N–H and O–H groups in total. The van der Waals surface area contributed by atoms with E-state index in [1.165, 1.54) is 22.7 Å². The molecule has 3 heterocycles. The maximum Gasteiger partial charge on any atom is 0.325 e. The third kappa shape index (κ3) is 3.17. The van der Waals surface area contributed by atoms with Gasteiger partial charge in [0.05, 0.1) is 10.9 Å². The molecule has 4 amide bonds. The zero-order chi connectivity index (χ0) is 17.3. The summed E-state index contributed by atoms with van der Waals surface area (Å²) in [7, 11) is 0. The number of halogens is 1. The molecule has 9 heteroatoms. The van der Waals surface area contributed by atoms with Crippen LogP contribution in [-0.4, -0.2) is 29.3 Å². The average Bonchev–Trinajstić information content (AvgIpc) is 3.24. The molecule has 1 unspecified atom stereocenters. The Hall–Kier alpha value is -1.90. The van der Waals surface area contributed by atoms with Gasteiger partial charge >= 0.3 is 6.03 Å². The molecule has 0 aliphatic carbocycles. The van der Waals surface area contributed by atoms with E-state index < -0.39 is 23.4 Å². The van der Waals surface area contributed by atoms with E-state index in [9.17, 15) is 14.4 Å². The molecular formula is C15H14ClN3O3S2. The number of nitrogens with one attached hydrogen (secondary N) is 2. The Morgan fingerprint density at radius 2 is 2.17 bits per heavy atom. The maximum atomic E-state index is 12.6. The van der Waals surface area contributed by atoms with E-state index in [0.717, 1.165) is 14.7 Å². The first-order valence-corrected chi connectivity index (χ1v) is 9.16. The summed E-state index contributed by atoms with van der Waals surface area (Å²) in [6.07, 6.45) is 0.